The minimum atomic E-state index is -0.685. The Hall–Kier alpha value is -3.23. The molecule has 8 nitrogen and oxygen atoms in total. The summed E-state index contributed by atoms with van der Waals surface area (Å²) in [6.07, 6.45) is 6.42. The van der Waals surface area contributed by atoms with E-state index >= 15 is 0 Å². The molecule has 0 radical (unpaired) electrons. The van der Waals surface area contributed by atoms with Crippen molar-refractivity contribution >= 4 is 39.9 Å². The quantitative estimate of drug-likeness (QED) is 0.460. The molecular weight excluding hydrogens is 535 g/mol. The number of nitrogens with one attached hydrogen (secondary N) is 1. The maximum atomic E-state index is 13.7. The molecule has 1 aromatic carbocycles. The molecule has 1 aliphatic heterocycles. The average molecular weight is 567 g/mol. The lowest BCUT2D eigenvalue weighted by Gasteiger charge is -2.42. The molecule has 1 aromatic heterocycles. The highest BCUT2D eigenvalue weighted by Crippen LogP contribution is 2.50. The molecule has 0 spiro atoms. The van der Waals surface area contributed by atoms with Crippen molar-refractivity contribution < 1.29 is 14.0 Å². The van der Waals surface area contributed by atoms with Gasteiger partial charge < -0.3 is 11.1 Å². The number of aromatic nitrogens is 2. The van der Waals surface area contributed by atoms with E-state index in [9.17, 15) is 19.2 Å². The molecule has 0 saturated heterocycles. The van der Waals surface area contributed by atoms with E-state index < -0.39 is 11.7 Å². The van der Waals surface area contributed by atoms with E-state index in [0.717, 1.165) is 25.7 Å². The summed E-state index contributed by atoms with van der Waals surface area (Å²) in [6, 6.07) is 8.28. The molecule has 39 heavy (non-hydrogen) atoms. The molecule has 0 bridgehead atoms. The second-order valence-electron chi connectivity index (χ2n) is 11.1. The van der Waals surface area contributed by atoms with Gasteiger partial charge in [0.25, 0.3) is 0 Å². The molecule has 11 heteroatoms. The molecular formula is C28H31FN6O2S2. The van der Waals surface area contributed by atoms with Gasteiger partial charge in [-0.3, -0.25) is 14.5 Å². The van der Waals surface area contributed by atoms with Crippen molar-refractivity contribution in [2.24, 2.45) is 11.1 Å². The smallest absolute Gasteiger partial charge is 0.230 e. The monoisotopic (exact) mass is 566 g/mol. The summed E-state index contributed by atoms with van der Waals surface area (Å²) in [5.41, 5.74) is 8.32. The number of carbonyl (C=O) groups is 2. The Morgan fingerprint density at radius 2 is 1.95 bits per heavy atom. The van der Waals surface area contributed by atoms with Gasteiger partial charge in [-0.15, -0.1) is 10.2 Å². The molecule has 1 fully saturated rings. The number of anilines is 1. The number of halogens is 1. The molecule has 1 atom stereocenters. The van der Waals surface area contributed by atoms with E-state index in [2.05, 4.69) is 21.6 Å². The van der Waals surface area contributed by atoms with Gasteiger partial charge in [0.15, 0.2) is 10.1 Å². The number of nitrogens with two attached hydrogens (primary N) is 1. The van der Waals surface area contributed by atoms with Crippen molar-refractivity contribution in [3.05, 3.63) is 58.3 Å². The van der Waals surface area contributed by atoms with Crippen molar-refractivity contribution in [3.63, 3.8) is 0 Å². The first kappa shape index (κ1) is 27.3. The number of hydrogen-bond acceptors (Lipinski definition) is 9. The maximum absolute atomic E-state index is 13.7. The molecule has 1 saturated carbocycles. The molecule has 3 aliphatic rings. The van der Waals surface area contributed by atoms with Gasteiger partial charge in [-0.05, 0) is 42.4 Å². The summed E-state index contributed by atoms with van der Waals surface area (Å²) in [7, 11) is 0. The van der Waals surface area contributed by atoms with Gasteiger partial charge >= 0.3 is 0 Å². The van der Waals surface area contributed by atoms with Crippen LogP contribution in [0.15, 0.2) is 51.3 Å². The Balaban J connectivity index is 1.45. The van der Waals surface area contributed by atoms with Crippen molar-refractivity contribution in [3.8, 4) is 6.07 Å². The lowest BCUT2D eigenvalue weighted by molar-refractivity contribution is -0.119. The van der Waals surface area contributed by atoms with E-state index in [1.54, 1.807) is 17.0 Å². The van der Waals surface area contributed by atoms with Gasteiger partial charge in [0, 0.05) is 23.7 Å². The number of carbonyl (C=O) groups excluding carboxylic acids is 2. The zero-order valence-corrected chi connectivity index (χ0v) is 23.6. The molecule has 5 rings (SSSR count). The molecule has 1 unspecified atom stereocenters. The standard InChI is InChI=1S/C28H31FN6O2S2/c1-28(2)12-20-24(21(36)13-28)23(16-8-10-17(29)11-9-16)19(14-30)25(31)35(20)26-33-34-27(39-26)38-15-22(37)32-18-6-4-3-5-7-18/h8-11,18,23H,3-7,12-13,15,31H2,1-2H3,(H,32,37). The number of allylic oxidation sites excluding steroid dienone is 3. The fourth-order valence-corrected chi connectivity index (χ4v) is 7.40. The fourth-order valence-electron chi connectivity index (χ4n) is 5.71. The van der Waals surface area contributed by atoms with E-state index in [4.69, 9.17) is 5.73 Å². The summed E-state index contributed by atoms with van der Waals surface area (Å²) < 4.78 is 14.3. The van der Waals surface area contributed by atoms with Gasteiger partial charge in [-0.25, -0.2) is 4.39 Å². The van der Waals surface area contributed by atoms with Crippen LogP contribution in [0, 0.1) is 22.6 Å². The third-order valence-corrected chi connectivity index (χ3v) is 9.51. The summed E-state index contributed by atoms with van der Waals surface area (Å²) >= 11 is 2.57. The van der Waals surface area contributed by atoms with Crippen molar-refractivity contribution in [2.75, 3.05) is 10.7 Å². The first-order chi connectivity index (χ1) is 18.7. The summed E-state index contributed by atoms with van der Waals surface area (Å²) in [5.74, 6) is -0.775. The Morgan fingerprint density at radius 1 is 1.23 bits per heavy atom. The second kappa shape index (κ2) is 11.1. The molecule has 2 aliphatic carbocycles. The van der Waals surface area contributed by atoms with Crippen LogP contribution in [0.4, 0.5) is 9.52 Å². The zero-order chi connectivity index (χ0) is 27.7. The molecule has 3 N–H and O–H groups in total. The summed E-state index contributed by atoms with van der Waals surface area (Å²) in [5, 5.41) is 22.3. The Kier molecular flexibility index (Phi) is 7.78. The van der Waals surface area contributed by atoms with Gasteiger partial charge in [0.1, 0.15) is 11.6 Å². The topological polar surface area (TPSA) is 125 Å². The third kappa shape index (κ3) is 5.72. The van der Waals surface area contributed by atoms with Gasteiger partial charge in [-0.2, -0.15) is 5.26 Å². The predicted molar refractivity (Wildman–Crippen MR) is 149 cm³/mol. The number of hydrogen-bond donors (Lipinski definition) is 2. The van der Waals surface area contributed by atoms with Crippen LogP contribution in [0.1, 0.15) is 70.3 Å². The minimum absolute atomic E-state index is 0.0282. The van der Waals surface area contributed by atoms with Crippen molar-refractivity contribution in [1.29, 1.82) is 5.26 Å². The van der Waals surface area contributed by atoms with Crippen LogP contribution in [0.25, 0.3) is 0 Å². The number of amides is 1. The lowest BCUT2D eigenvalue weighted by atomic mass is 9.69. The molecule has 2 heterocycles. The van der Waals surface area contributed by atoms with Gasteiger partial charge in [0.05, 0.1) is 23.3 Å². The van der Waals surface area contributed by atoms with Gasteiger partial charge in [0.2, 0.25) is 11.0 Å². The number of nitriles is 1. The number of ketones is 1. The highest BCUT2D eigenvalue weighted by atomic mass is 32.2. The van der Waals surface area contributed by atoms with E-state index in [0.29, 0.717) is 39.1 Å². The molecule has 204 valence electrons. The minimum Gasteiger partial charge on any atom is -0.384 e. The number of thioether (sulfide) groups is 1. The Morgan fingerprint density at radius 3 is 2.64 bits per heavy atom. The van der Waals surface area contributed by atoms with E-state index in [1.165, 1.54) is 41.7 Å². The zero-order valence-electron chi connectivity index (χ0n) is 22.0. The fraction of sp³-hybridized carbons (Fsp3) is 0.464. The first-order valence-corrected chi connectivity index (χ1v) is 14.9. The Bertz CT molecular complexity index is 1390. The predicted octanol–water partition coefficient (Wildman–Crippen LogP) is 5.16. The lowest BCUT2D eigenvalue weighted by Crippen LogP contribution is -2.42. The third-order valence-electron chi connectivity index (χ3n) is 7.47. The highest BCUT2D eigenvalue weighted by Gasteiger charge is 2.45. The van der Waals surface area contributed by atoms with Crippen LogP contribution in [-0.2, 0) is 9.59 Å². The normalized spacial score (nSPS) is 21.5. The van der Waals surface area contributed by atoms with Crippen LogP contribution < -0.4 is 16.0 Å². The Labute approximate surface area is 235 Å². The number of rotatable bonds is 6. The number of Topliss-reactive ketones (excluding diaryl/α,β-unsaturated/α-hetero) is 1. The maximum Gasteiger partial charge on any atom is 0.230 e. The second-order valence-corrected chi connectivity index (χ2v) is 13.3. The molecule has 2 aromatic rings. The van der Waals surface area contributed by atoms with Crippen molar-refractivity contribution in [2.45, 2.75) is 75.1 Å². The van der Waals surface area contributed by atoms with Crippen LogP contribution in [0.2, 0.25) is 0 Å². The van der Waals surface area contributed by atoms with E-state index in [1.807, 2.05) is 13.8 Å². The summed E-state index contributed by atoms with van der Waals surface area (Å²) in [6.45, 7) is 4.04. The van der Waals surface area contributed by atoms with Crippen LogP contribution >= 0.6 is 23.1 Å². The SMILES string of the molecule is CC1(C)CC(=O)C2=C(C1)N(c1nnc(SCC(=O)NC3CCCCC3)s1)C(N)=C(C#N)C2c1ccc(F)cc1. The number of nitrogens with zero attached hydrogens (tertiary/aromatic N) is 4. The van der Waals surface area contributed by atoms with Gasteiger partial charge in [-0.1, -0.05) is 68.3 Å². The average Bonchev–Trinajstić information content (AvgIpc) is 3.36. The van der Waals surface area contributed by atoms with Crippen LogP contribution in [-0.4, -0.2) is 33.7 Å². The largest absolute Gasteiger partial charge is 0.384 e. The highest BCUT2D eigenvalue weighted by molar-refractivity contribution is 8.01. The summed E-state index contributed by atoms with van der Waals surface area (Å²) in [4.78, 5) is 27.7. The van der Waals surface area contributed by atoms with Crippen LogP contribution in [0.5, 0.6) is 0 Å². The van der Waals surface area contributed by atoms with E-state index in [-0.39, 0.29) is 40.3 Å². The molecule has 1 amide bonds. The van der Waals surface area contributed by atoms with Crippen molar-refractivity contribution in [1.82, 2.24) is 15.5 Å². The first-order valence-electron chi connectivity index (χ1n) is 13.1. The number of benzene rings is 1. The van der Waals surface area contributed by atoms with Crippen LogP contribution in [0.3, 0.4) is 0 Å².